The van der Waals surface area contributed by atoms with Crippen molar-refractivity contribution in [3.63, 3.8) is 0 Å². The molecule has 6 heteroatoms. The normalized spacial score (nSPS) is 25.0. The minimum Gasteiger partial charge on any atom is -0.373 e. The Kier molecular flexibility index (Phi) is 9.32. The van der Waals surface area contributed by atoms with Crippen LogP contribution in [-0.2, 0) is 17.8 Å². The molecule has 3 rings (SSSR count). The molecule has 1 saturated heterocycles. The van der Waals surface area contributed by atoms with Crippen molar-refractivity contribution in [2.45, 2.75) is 77.3 Å². The summed E-state index contributed by atoms with van der Waals surface area (Å²) in [7, 11) is 0. The smallest absolute Gasteiger partial charge is 0.189 e. The Labute approximate surface area is 181 Å². The highest BCUT2D eigenvalue weighted by molar-refractivity contribution is 14.0. The molecular weight excluding hydrogens is 451 g/mol. The van der Waals surface area contributed by atoms with Crippen LogP contribution in [0.1, 0.15) is 57.1 Å². The molecule has 0 bridgehead atoms. The average molecular weight is 486 g/mol. The second kappa shape index (κ2) is 11.2. The molecule has 2 fully saturated rings. The van der Waals surface area contributed by atoms with E-state index in [4.69, 9.17) is 10.5 Å². The predicted octanol–water partition coefficient (Wildman–Crippen LogP) is 3.65. The zero-order valence-electron chi connectivity index (χ0n) is 16.7. The number of morpholine rings is 1. The van der Waals surface area contributed by atoms with Crippen LogP contribution in [0.5, 0.6) is 0 Å². The number of aliphatic imine (C=N–C) groups is 1. The van der Waals surface area contributed by atoms with Crippen molar-refractivity contribution < 1.29 is 4.74 Å². The second-order valence-electron chi connectivity index (χ2n) is 7.90. The summed E-state index contributed by atoms with van der Waals surface area (Å²) in [5, 5.41) is 3.40. The zero-order chi connectivity index (χ0) is 18.4. The molecule has 0 radical (unpaired) electrons. The van der Waals surface area contributed by atoms with Gasteiger partial charge in [0.2, 0.25) is 0 Å². The maximum Gasteiger partial charge on any atom is 0.189 e. The van der Waals surface area contributed by atoms with E-state index in [-0.39, 0.29) is 24.0 Å². The van der Waals surface area contributed by atoms with Crippen molar-refractivity contribution in [1.29, 1.82) is 0 Å². The molecule has 1 aromatic carbocycles. The van der Waals surface area contributed by atoms with E-state index >= 15 is 0 Å². The minimum atomic E-state index is 0. The lowest BCUT2D eigenvalue weighted by atomic mass is 9.96. The standard InChI is InChI=1S/C21H34N4O.HI/c1-16-13-25(14-17(2)26-16)15-19-9-7-6-8-18(19)12-23-21(22)24-20-10-4-3-5-11-20;/h6-9,16-17,20H,3-5,10-15H2,1-2H3,(H3,22,23,24);1H. The zero-order valence-corrected chi connectivity index (χ0v) is 19.0. The van der Waals surface area contributed by atoms with Crippen molar-refractivity contribution in [3.8, 4) is 0 Å². The highest BCUT2D eigenvalue weighted by atomic mass is 127. The van der Waals surface area contributed by atoms with Gasteiger partial charge in [-0.1, -0.05) is 43.5 Å². The third-order valence-corrected chi connectivity index (χ3v) is 5.38. The van der Waals surface area contributed by atoms with Gasteiger partial charge in [0.1, 0.15) is 0 Å². The quantitative estimate of drug-likeness (QED) is 0.379. The van der Waals surface area contributed by atoms with Crippen LogP contribution >= 0.6 is 24.0 Å². The Morgan fingerprint density at radius 2 is 1.74 bits per heavy atom. The number of benzene rings is 1. The Bertz CT molecular complexity index is 594. The first kappa shape index (κ1) is 22.4. The number of guanidine groups is 1. The van der Waals surface area contributed by atoms with Crippen LogP contribution in [0.15, 0.2) is 29.3 Å². The van der Waals surface area contributed by atoms with E-state index in [0.29, 0.717) is 30.8 Å². The molecule has 2 atom stereocenters. The van der Waals surface area contributed by atoms with Crippen molar-refractivity contribution in [3.05, 3.63) is 35.4 Å². The van der Waals surface area contributed by atoms with Crippen LogP contribution in [0.3, 0.4) is 0 Å². The van der Waals surface area contributed by atoms with Crippen molar-refractivity contribution in [2.75, 3.05) is 13.1 Å². The van der Waals surface area contributed by atoms with Crippen molar-refractivity contribution >= 4 is 29.9 Å². The maximum absolute atomic E-state index is 6.14. The van der Waals surface area contributed by atoms with Crippen LogP contribution in [0.25, 0.3) is 0 Å². The third kappa shape index (κ3) is 7.23. The number of halogens is 1. The fourth-order valence-corrected chi connectivity index (χ4v) is 4.19. The molecule has 1 saturated carbocycles. The van der Waals surface area contributed by atoms with Crippen LogP contribution in [0.2, 0.25) is 0 Å². The number of ether oxygens (including phenoxy) is 1. The lowest BCUT2D eigenvalue weighted by molar-refractivity contribution is -0.0705. The second-order valence-corrected chi connectivity index (χ2v) is 7.90. The summed E-state index contributed by atoms with van der Waals surface area (Å²) < 4.78 is 5.85. The van der Waals surface area contributed by atoms with Gasteiger partial charge in [0.05, 0.1) is 18.8 Å². The molecule has 152 valence electrons. The number of rotatable bonds is 5. The van der Waals surface area contributed by atoms with E-state index in [0.717, 1.165) is 19.6 Å². The van der Waals surface area contributed by atoms with E-state index in [1.54, 1.807) is 0 Å². The van der Waals surface area contributed by atoms with Gasteiger partial charge < -0.3 is 15.8 Å². The molecule has 27 heavy (non-hydrogen) atoms. The number of nitrogens with zero attached hydrogens (tertiary/aromatic N) is 2. The van der Waals surface area contributed by atoms with Gasteiger partial charge >= 0.3 is 0 Å². The lowest BCUT2D eigenvalue weighted by Gasteiger charge is -2.35. The Morgan fingerprint density at radius 3 is 2.41 bits per heavy atom. The molecule has 2 aliphatic rings. The van der Waals surface area contributed by atoms with Gasteiger partial charge in [0.15, 0.2) is 5.96 Å². The molecule has 0 aromatic heterocycles. The lowest BCUT2D eigenvalue weighted by Crippen LogP contribution is -2.44. The van der Waals surface area contributed by atoms with E-state index in [1.165, 1.54) is 43.2 Å². The largest absolute Gasteiger partial charge is 0.373 e. The Hall–Kier alpha value is -0.860. The summed E-state index contributed by atoms with van der Waals surface area (Å²) in [5.74, 6) is 0.584. The van der Waals surface area contributed by atoms with E-state index < -0.39 is 0 Å². The molecule has 5 nitrogen and oxygen atoms in total. The van der Waals surface area contributed by atoms with Gasteiger partial charge in [0.25, 0.3) is 0 Å². The van der Waals surface area contributed by atoms with Gasteiger partial charge in [-0.05, 0) is 37.8 Å². The van der Waals surface area contributed by atoms with Crippen LogP contribution < -0.4 is 11.1 Å². The summed E-state index contributed by atoms with van der Waals surface area (Å²) in [6.45, 7) is 7.84. The summed E-state index contributed by atoms with van der Waals surface area (Å²) in [6.07, 6.45) is 6.94. The molecule has 1 aliphatic carbocycles. The van der Waals surface area contributed by atoms with Gasteiger partial charge in [0, 0.05) is 25.7 Å². The molecule has 2 unspecified atom stereocenters. The van der Waals surface area contributed by atoms with Gasteiger partial charge in [-0.2, -0.15) is 0 Å². The van der Waals surface area contributed by atoms with Gasteiger partial charge in [-0.15, -0.1) is 24.0 Å². The SMILES string of the molecule is CC1CN(Cc2ccccc2CN=C(N)NC2CCCCC2)CC(C)O1.I. The summed E-state index contributed by atoms with van der Waals surface area (Å²) in [6, 6.07) is 9.07. The Balaban J connectivity index is 0.00000261. The van der Waals surface area contributed by atoms with E-state index in [2.05, 4.69) is 53.3 Å². The average Bonchev–Trinajstić information content (AvgIpc) is 2.61. The van der Waals surface area contributed by atoms with Gasteiger partial charge in [-0.25, -0.2) is 4.99 Å². The van der Waals surface area contributed by atoms with E-state index in [1.807, 2.05) is 0 Å². The highest BCUT2D eigenvalue weighted by Crippen LogP contribution is 2.18. The topological polar surface area (TPSA) is 62.9 Å². The molecule has 1 heterocycles. The first-order valence-corrected chi connectivity index (χ1v) is 10.1. The van der Waals surface area contributed by atoms with Crippen molar-refractivity contribution in [1.82, 2.24) is 10.2 Å². The molecule has 3 N–H and O–H groups in total. The number of nitrogens with two attached hydrogens (primary N) is 1. The first-order chi connectivity index (χ1) is 12.6. The fraction of sp³-hybridized carbons (Fsp3) is 0.667. The molecule has 1 aromatic rings. The molecule has 0 spiro atoms. The number of hydrogen-bond donors (Lipinski definition) is 2. The third-order valence-electron chi connectivity index (χ3n) is 5.38. The number of nitrogens with one attached hydrogen (secondary N) is 1. The minimum absolute atomic E-state index is 0. The highest BCUT2D eigenvalue weighted by Gasteiger charge is 2.22. The predicted molar refractivity (Wildman–Crippen MR) is 122 cm³/mol. The van der Waals surface area contributed by atoms with Crippen LogP contribution in [-0.4, -0.2) is 42.2 Å². The fourth-order valence-electron chi connectivity index (χ4n) is 4.19. The van der Waals surface area contributed by atoms with Gasteiger partial charge in [-0.3, -0.25) is 4.90 Å². The first-order valence-electron chi connectivity index (χ1n) is 10.1. The summed E-state index contributed by atoms with van der Waals surface area (Å²) in [5.41, 5.74) is 8.73. The summed E-state index contributed by atoms with van der Waals surface area (Å²) in [4.78, 5) is 7.09. The summed E-state index contributed by atoms with van der Waals surface area (Å²) >= 11 is 0. The molecule has 0 amide bonds. The monoisotopic (exact) mass is 486 g/mol. The molecule has 1 aliphatic heterocycles. The Morgan fingerprint density at radius 1 is 1.11 bits per heavy atom. The van der Waals surface area contributed by atoms with E-state index in [9.17, 15) is 0 Å². The number of hydrogen-bond acceptors (Lipinski definition) is 3. The maximum atomic E-state index is 6.14. The molecular formula is C21H35IN4O. The van der Waals surface area contributed by atoms with Crippen molar-refractivity contribution in [2.24, 2.45) is 10.7 Å². The van der Waals surface area contributed by atoms with Crippen LogP contribution in [0.4, 0.5) is 0 Å². The van der Waals surface area contributed by atoms with Crippen LogP contribution in [0, 0.1) is 0 Å².